The molecule has 3 rings (SSSR count). The number of halogens is 1. The van der Waals surface area contributed by atoms with Crippen molar-refractivity contribution in [2.75, 3.05) is 0 Å². The number of benzene rings is 1. The lowest BCUT2D eigenvalue weighted by Crippen LogP contribution is -2.08. The molecule has 0 heterocycles. The zero-order valence-electron chi connectivity index (χ0n) is 11.5. The molecule has 3 unspecified atom stereocenters. The van der Waals surface area contributed by atoms with Gasteiger partial charge in [-0.25, -0.2) is 0 Å². The first-order chi connectivity index (χ1) is 8.66. The Labute approximate surface area is 116 Å². The van der Waals surface area contributed by atoms with Crippen LogP contribution in [0.5, 0.6) is 0 Å². The molecule has 0 N–H and O–H groups in total. The Kier molecular flexibility index (Phi) is 3.40. The van der Waals surface area contributed by atoms with Gasteiger partial charge < -0.3 is 0 Å². The maximum Gasteiger partial charge on any atom is 0.0410 e. The summed E-state index contributed by atoms with van der Waals surface area (Å²) in [7, 11) is 0. The van der Waals surface area contributed by atoms with Crippen LogP contribution >= 0.6 is 11.6 Å². The summed E-state index contributed by atoms with van der Waals surface area (Å²) in [6.07, 6.45) is 6.80. The minimum Gasteiger partial charge on any atom is -0.122 e. The van der Waals surface area contributed by atoms with E-state index in [1.807, 2.05) is 0 Å². The molecule has 1 aromatic rings. The molecule has 3 atom stereocenters. The van der Waals surface area contributed by atoms with Crippen LogP contribution in [-0.4, -0.2) is 5.38 Å². The van der Waals surface area contributed by atoms with Crippen LogP contribution in [0, 0.1) is 31.6 Å². The Morgan fingerprint density at radius 2 is 1.78 bits per heavy atom. The van der Waals surface area contributed by atoms with Gasteiger partial charge in [-0.3, -0.25) is 0 Å². The molecular formula is C17H23Cl. The average molecular weight is 263 g/mol. The van der Waals surface area contributed by atoms with Crippen molar-refractivity contribution >= 4 is 11.6 Å². The zero-order chi connectivity index (χ0) is 12.7. The summed E-state index contributed by atoms with van der Waals surface area (Å²) < 4.78 is 0. The van der Waals surface area contributed by atoms with Crippen molar-refractivity contribution in [1.29, 1.82) is 0 Å². The second kappa shape index (κ2) is 4.89. The quantitative estimate of drug-likeness (QED) is 0.681. The van der Waals surface area contributed by atoms with Crippen LogP contribution in [-0.2, 0) is 6.42 Å². The number of alkyl halides is 1. The fraction of sp³-hybridized carbons (Fsp3) is 0.647. The van der Waals surface area contributed by atoms with Crippen LogP contribution in [0.15, 0.2) is 18.2 Å². The van der Waals surface area contributed by atoms with Crippen molar-refractivity contribution in [2.24, 2.45) is 17.8 Å². The van der Waals surface area contributed by atoms with Gasteiger partial charge in [-0.15, -0.1) is 11.6 Å². The molecular weight excluding hydrogens is 240 g/mol. The van der Waals surface area contributed by atoms with Crippen molar-refractivity contribution in [3.8, 4) is 0 Å². The Balaban J connectivity index is 1.64. The summed E-state index contributed by atoms with van der Waals surface area (Å²) in [5.74, 6) is 2.75. The van der Waals surface area contributed by atoms with Crippen LogP contribution in [0.2, 0.25) is 0 Å². The fourth-order valence-corrected chi connectivity index (χ4v) is 4.43. The first-order valence-electron chi connectivity index (χ1n) is 7.37. The van der Waals surface area contributed by atoms with Crippen LogP contribution < -0.4 is 0 Å². The smallest absolute Gasteiger partial charge is 0.0410 e. The second-order valence-corrected chi connectivity index (χ2v) is 6.89. The molecule has 98 valence electrons. The number of rotatable bonds is 3. The predicted octanol–water partition coefficient (Wildman–Crippen LogP) is 4.89. The Bertz CT molecular complexity index is 425. The van der Waals surface area contributed by atoms with Crippen molar-refractivity contribution in [2.45, 2.75) is 51.3 Å². The average Bonchev–Trinajstić information content (AvgIpc) is 3.08. The molecule has 0 nitrogen and oxygen atoms in total. The highest BCUT2D eigenvalue weighted by Gasteiger charge is 2.53. The molecule has 1 aromatic carbocycles. The highest BCUT2D eigenvalue weighted by molar-refractivity contribution is 6.21. The number of hydrogen-bond acceptors (Lipinski definition) is 0. The minimum absolute atomic E-state index is 0.361. The molecule has 1 heteroatoms. The largest absolute Gasteiger partial charge is 0.122 e. The van der Waals surface area contributed by atoms with Gasteiger partial charge in [-0.1, -0.05) is 31.0 Å². The van der Waals surface area contributed by atoms with Crippen LogP contribution in [0.25, 0.3) is 0 Å². The molecule has 0 saturated heterocycles. The molecule has 0 aliphatic heterocycles. The Morgan fingerprint density at radius 1 is 1.11 bits per heavy atom. The molecule has 2 fully saturated rings. The van der Waals surface area contributed by atoms with E-state index in [4.69, 9.17) is 11.6 Å². The van der Waals surface area contributed by atoms with Crippen LogP contribution in [0.3, 0.4) is 0 Å². The van der Waals surface area contributed by atoms with Gasteiger partial charge in [0.05, 0.1) is 0 Å². The molecule has 18 heavy (non-hydrogen) atoms. The van der Waals surface area contributed by atoms with Crippen molar-refractivity contribution < 1.29 is 0 Å². The van der Waals surface area contributed by atoms with E-state index < -0.39 is 0 Å². The van der Waals surface area contributed by atoms with E-state index in [0.717, 1.165) is 24.2 Å². The van der Waals surface area contributed by atoms with Crippen molar-refractivity contribution in [3.05, 3.63) is 34.9 Å². The summed E-state index contributed by atoms with van der Waals surface area (Å²) in [6, 6.07) is 6.80. The van der Waals surface area contributed by atoms with E-state index >= 15 is 0 Å². The van der Waals surface area contributed by atoms with Gasteiger partial charge in [0.1, 0.15) is 0 Å². The van der Waals surface area contributed by atoms with Gasteiger partial charge in [-0.2, -0.15) is 0 Å². The van der Waals surface area contributed by atoms with E-state index in [2.05, 4.69) is 32.0 Å². The molecule has 0 aromatic heterocycles. The first-order valence-corrected chi connectivity index (χ1v) is 7.80. The Hall–Kier alpha value is -0.490. The van der Waals surface area contributed by atoms with Gasteiger partial charge in [-0.05, 0) is 67.6 Å². The normalized spacial score (nSPS) is 31.8. The topological polar surface area (TPSA) is 0 Å². The van der Waals surface area contributed by atoms with E-state index in [0.29, 0.717) is 5.38 Å². The molecule has 2 aliphatic rings. The number of fused-ring (bicyclic) bond motifs is 1. The van der Waals surface area contributed by atoms with Gasteiger partial charge in [0.25, 0.3) is 0 Å². The lowest BCUT2D eigenvalue weighted by atomic mass is 10.0. The van der Waals surface area contributed by atoms with Gasteiger partial charge in [0.2, 0.25) is 0 Å². The number of hydrogen-bond donors (Lipinski definition) is 0. The summed E-state index contributed by atoms with van der Waals surface area (Å²) in [4.78, 5) is 0. The maximum absolute atomic E-state index is 6.68. The summed E-state index contributed by atoms with van der Waals surface area (Å²) in [6.45, 7) is 4.37. The predicted molar refractivity (Wildman–Crippen MR) is 78.2 cm³/mol. The van der Waals surface area contributed by atoms with Crippen molar-refractivity contribution in [3.63, 3.8) is 0 Å². The molecule has 0 amide bonds. The molecule has 0 radical (unpaired) electrons. The summed E-state index contributed by atoms with van der Waals surface area (Å²) in [5, 5.41) is 0.361. The second-order valence-electron chi connectivity index (χ2n) is 6.33. The molecule has 0 bridgehead atoms. The van der Waals surface area contributed by atoms with E-state index in [-0.39, 0.29) is 0 Å². The standard InChI is InChI=1S/C17H23Cl/c1-11-7-8-13(9-12(11)2)10-16(18)17-14-5-3-4-6-15(14)17/h7-9,14-17H,3-6,10H2,1-2H3. The van der Waals surface area contributed by atoms with Crippen LogP contribution in [0.4, 0.5) is 0 Å². The van der Waals surface area contributed by atoms with Gasteiger partial charge in [0, 0.05) is 5.38 Å². The number of aryl methyl sites for hydroxylation is 2. The highest BCUT2D eigenvalue weighted by atomic mass is 35.5. The monoisotopic (exact) mass is 262 g/mol. The van der Waals surface area contributed by atoms with Crippen molar-refractivity contribution in [1.82, 2.24) is 0 Å². The van der Waals surface area contributed by atoms with E-state index in [1.54, 1.807) is 0 Å². The van der Waals surface area contributed by atoms with E-state index in [9.17, 15) is 0 Å². The highest BCUT2D eigenvalue weighted by Crippen LogP contribution is 2.58. The zero-order valence-corrected chi connectivity index (χ0v) is 12.2. The summed E-state index contributed by atoms with van der Waals surface area (Å²) >= 11 is 6.68. The molecule has 2 aliphatic carbocycles. The first kappa shape index (κ1) is 12.5. The fourth-order valence-electron chi connectivity index (χ4n) is 3.88. The molecule has 0 spiro atoms. The van der Waals surface area contributed by atoms with Gasteiger partial charge in [0.15, 0.2) is 0 Å². The van der Waals surface area contributed by atoms with Gasteiger partial charge >= 0.3 is 0 Å². The van der Waals surface area contributed by atoms with Crippen LogP contribution in [0.1, 0.15) is 42.4 Å². The molecule has 2 saturated carbocycles. The lowest BCUT2D eigenvalue weighted by molar-refractivity contribution is 0.480. The summed E-state index contributed by atoms with van der Waals surface area (Å²) in [5.41, 5.74) is 4.19. The van der Waals surface area contributed by atoms with E-state index in [1.165, 1.54) is 42.4 Å². The third kappa shape index (κ3) is 2.32. The lowest BCUT2D eigenvalue weighted by Gasteiger charge is -2.11. The minimum atomic E-state index is 0.361. The third-order valence-corrected chi connectivity index (χ3v) is 5.59. The SMILES string of the molecule is Cc1ccc(CC(Cl)C2C3CCCCC32)cc1C. The Morgan fingerprint density at radius 3 is 2.39 bits per heavy atom. The maximum atomic E-state index is 6.68. The third-order valence-electron chi connectivity index (χ3n) is 5.14.